The number of benzene rings is 5. The van der Waals surface area contributed by atoms with Gasteiger partial charge in [0.25, 0.3) is 0 Å². The molecule has 0 saturated carbocycles. The molecule has 7 rings (SSSR count). The summed E-state index contributed by atoms with van der Waals surface area (Å²) in [7, 11) is -14.9. The number of thioether (sulfide) groups is 3. The van der Waals surface area contributed by atoms with E-state index >= 15 is 14.4 Å². The van der Waals surface area contributed by atoms with E-state index in [1.165, 1.54) is 76.2 Å². The zero-order chi connectivity index (χ0) is 106. The predicted molar refractivity (Wildman–Crippen MR) is 520 cm³/mol. The van der Waals surface area contributed by atoms with Crippen LogP contribution in [0.4, 0.5) is 0 Å². The van der Waals surface area contributed by atoms with Crippen molar-refractivity contribution in [2.24, 2.45) is 40.4 Å². The van der Waals surface area contributed by atoms with Crippen molar-refractivity contribution in [3.63, 3.8) is 0 Å². The number of phenols is 1. The zero-order valence-corrected chi connectivity index (χ0v) is 83.6. The van der Waals surface area contributed by atoms with Gasteiger partial charge in [-0.05, 0) is 103 Å². The van der Waals surface area contributed by atoms with E-state index in [1.54, 1.807) is 48.5 Å². The lowest BCUT2D eigenvalue weighted by Gasteiger charge is -2.32. The number of sulfone groups is 3. The Morgan fingerprint density at radius 3 is 1.31 bits per heavy atom. The van der Waals surface area contributed by atoms with Crippen molar-refractivity contribution in [2.75, 3.05) is 51.8 Å². The predicted octanol–water partition coefficient (Wildman–Crippen LogP) is -1.65. The van der Waals surface area contributed by atoms with E-state index in [2.05, 4.69) is 58.5 Å². The molecule has 4 bridgehead atoms. The fraction of sp³-hybridized carbons (Fsp3) is 0.478. The number of carbonyl (C=O) groups excluding carboxylic acids is 16. The van der Waals surface area contributed by atoms with Gasteiger partial charge in [-0.15, -0.1) is 0 Å². The summed E-state index contributed by atoms with van der Waals surface area (Å²) in [5.41, 5.74) is 16.8. The molecule has 2 aliphatic heterocycles. The van der Waals surface area contributed by atoms with Gasteiger partial charge in [-0.3, -0.25) is 95.9 Å². The van der Waals surface area contributed by atoms with Gasteiger partial charge in [0.1, 0.15) is 65.9 Å². The van der Waals surface area contributed by atoms with Crippen LogP contribution in [0.5, 0.6) is 5.75 Å². The molecule has 0 fully saturated rings. The van der Waals surface area contributed by atoms with E-state index in [4.69, 9.17) is 17.2 Å². The van der Waals surface area contributed by atoms with Crippen molar-refractivity contribution < 1.29 is 147 Å². The number of primary amides is 2. The first-order chi connectivity index (χ1) is 67.0. The Balaban J connectivity index is 1.42. The molecule has 22 N–H and O–H groups in total. The topological polar surface area (TPSA) is 755 Å². The Kier molecular flexibility index (Phi) is 44.1. The van der Waals surface area contributed by atoms with Crippen LogP contribution in [0.15, 0.2) is 130 Å². The van der Waals surface area contributed by atoms with E-state index in [-0.39, 0.29) is 23.3 Å². The highest BCUT2D eigenvalue weighted by molar-refractivity contribution is 8.01. The smallest absolute Gasteiger partial charge is 0.305 e. The average Bonchev–Trinajstić information content (AvgIpc) is 0.773. The second kappa shape index (κ2) is 53.9. The van der Waals surface area contributed by atoms with Crippen LogP contribution in [0.2, 0.25) is 0 Å². The Labute approximate surface area is 835 Å². The standard InChI is InChI=1S/C92H118N14O31S6/c1-48(93)71(108)38-57-46-139-28-31-142(134,135)60-39-59-40-61(41-60)143(136,137)32-29-140-47-70(105-82(122)50(3)96-83(123)55(35-54-17-12-16-53-15-10-11-18-62(53)54)36-72(109)63(23-25-75(112)113)98-88(128)67(42-74(94)111)100-81(121)49(2)97-84(57)124)91(131)99-64(24-26-76(114)115)85(125)103-68(43-77(116)117)89(129)102-65(33-51-13-8-7-9-14-51)86(126)101-66(34-52-19-21-58(107)22-20-52)87(127)104-69(44-78(118)119)90(130)106-79(92(4,5)6)73(110)37-56(80(95)120)45-138-27-30-141(59,132)133/h7-22,39-41,48-50,55-57,63-70,79,107H,23-38,42-47,93H2,1-6H3,(H2,94,111)(H2,95,120)(H,96,123)(H,97,124)(H,98,128)(H,99,131)(H,100,121)(H,101,126)(H,102,129)(H,103,125)(H,104,127)(H,105,122)(H,106,130)(H,112,113)(H,114,115)(H,116,117)(H,118,119)/t48-,49+,50+,55+,56-,57-,63-,64-,65-,66-,67-,68-,69-,70-,79+/m0/s1. The maximum Gasteiger partial charge on any atom is 0.305 e. The molecule has 5 aromatic rings. The summed E-state index contributed by atoms with van der Waals surface area (Å²) in [6, 6.07) is 3.05. The fourth-order valence-electron chi connectivity index (χ4n) is 14.9. The highest BCUT2D eigenvalue weighted by Gasteiger charge is 2.42. The van der Waals surface area contributed by atoms with Gasteiger partial charge in [-0.25, -0.2) is 25.3 Å². The molecule has 2 aliphatic rings. The normalized spacial score (nSPS) is 24.8. The number of nitrogens with two attached hydrogens (primary N) is 3. The van der Waals surface area contributed by atoms with Crippen LogP contribution in [0.25, 0.3) is 10.8 Å². The zero-order valence-electron chi connectivity index (χ0n) is 78.7. The molecule has 0 radical (unpaired) electrons. The summed E-state index contributed by atoms with van der Waals surface area (Å²) in [4.78, 5) is 279. The van der Waals surface area contributed by atoms with Gasteiger partial charge in [-0.1, -0.05) is 106 Å². The van der Waals surface area contributed by atoms with Gasteiger partial charge in [-0.2, -0.15) is 35.3 Å². The molecule has 51 heteroatoms. The Bertz CT molecular complexity index is 5950. The van der Waals surface area contributed by atoms with Crippen LogP contribution in [-0.2, 0) is 145 Å². The van der Waals surface area contributed by atoms with E-state index in [1.807, 2.05) is 0 Å². The monoisotopic (exact) mass is 2110 g/mol. The van der Waals surface area contributed by atoms with Crippen LogP contribution in [0.1, 0.15) is 122 Å². The van der Waals surface area contributed by atoms with Crippen molar-refractivity contribution in [3.05, 3.63) is 132 Å². The third-order valence-corrected chi connectivity index (χ3v) is 32.1. The second-order valence-electron chi connectivity index (χ2n) is 35.5. The number of amides is 13. The number of ketones is 3. The Morgan fingerprint density at radius 1 is 0.413 bits per heavy atom. The highest BCUT2D eigenvalue weighted by atomic mass is 32.2. The highest BCUT2D eigenvalue weighted by Crippen LogP contribution is 2.31. The molecular formula is C92H118N14O31S6. The van der Waals surface area contributed by atoms with Gasteiger partial charge >= 0.3 is 23.9 Å². The first kappa shape index (κ1) is 117. The molecule has 0 aliphatic carbocycles. The number of phenolic OH excluding ortho intramolecular Hbond substituents is 1. The lowest BCUT2D eigenvalue weighted by molar-refractivity contribution is -0.142. The maximum atomic E-state index is 15.3. The SMILES string of the molecule is C[C@H](N)C(=O)C[C@H]1CSCCS(=O)(=O)c2cc3cc(c2)S(=O)(=O)CCSC[C@H](NC(=O)[C@@H](C)NC(=O)[C@H](Cc2cccc4ccccc24)CC(=O)[C@H](CCC(=O)O)NC(=O)[C@H](CC(N)=O)NC(=O)[C@@H](C)NC1=O)C(=O)N[C@@H](CCC(=O)O)C(=O)N[C@@H](CC(=O)O)C(=O)N[C@@H](Cc1ccccc1)C(=O)N[C@@H](Cc1ccc(O)cc1)C(=O)N[C@@H](CC(=O)O)C(=O)N[C@@H](C(C)(C)C)C(=O)C[C@H](C(N)=O)CSCCS3(=O)=O. The molecule has 143 heavy (non-hydrogen) atoms. The number of carboxylic acids is 4. The van der Waals surface area contributed by atoms with Crippen LogP contribution in [0.3, 0.4) is 0 Å². The van der Waals surface area contributed by atoms with Crippen molar-refractivity contribution in [3.8, 4) is 5.75 Å². The van der Waals surface area contributed by atoms with Crippen LogP contribution >= 0.6 is 35.3 Å². The van der Waals surface area contributed by atoms with Gasteiger partial charge in [0.15, 0.2) is 41.1 Å². The molecule has 0 unspecified atom stereocenters. The number of fused-ring (bicyclic) bond motifs is 8. The molecule has 45 nitrogen and oxygen atoms in total. The number of aliphatic carboxylic acids is 4. The summed E-state index contributed by atoms with van der Waals surface area (Å²) in [5, 5.41) is 77.9. The summed E-state index contributed by atoms with van der Waals surface area (Å²) in [6.45, 7) is 7.81. The Hall–Kier alpha value is -13.0. The number of Topliss-reactive ketones (excluding diaryl/α,β-unsaturated/α-hetero) is 3. The number of hydrogen-bond acceptors (Lipinski definition) is 31. The minimum atomic E-state index is -5.03. The number of carboxylic acid groups (broad SMARTS) is 4. The van der Waals surface area contributed by atoms with E-state index in [0.29, 0.717) is 69.8 Å². The molecular weight excluding hydrogens is 1990 g/mol. The summed E-state index contributed by atoms with van der Waals surface area (Å²) < 4.78 is 89.1. The molecule has 0 aromatic heterocycles. The summed E-state index contributed by atoms with van der Waals surface area (Å²) in [5.74, 6) is -37.6. The largest absolute Gasteiger partial charge is 0.508 e. The first-order valence-corrected chi connectivity index (χ1v) is 53.4. The maximum absolute atomic E-state index is 15.3. The lowest BCUT2D eigenvalue weighted by atomic mass is 9.81. The molecule has 15 atom stereocenters. The van der Waals surface area contributed by atoms with Gasteiger partial charge < -0.3 is 101 Å². The first-order valence-electron chi connectivity index (χ1n) is 45.0. The minimum Gasteiger partial charge on any atom is -0.508 e. The minimum absolute atomic E-state index is 0.178. The number of nitrogens with one attached hydrogen (secondary N) is 11. The van der Waals surface area contributed by atoms with Crippen molar-refractivity contribution in [2.45, 2.75) is 212 Å². The van der Waals surface area contributed by atoms with E-state index in [9.17, 15) is 132 Å². The second-order valence-corrected chi connectivity index (χ2v) is 45.3. The third kappa shape index (κ3) is 37.4. The molecule has 778 valence electrons. The number of aromatic hydroxyl groups is 1. The van der Waals surface area contributed by atoms with Crippen LogP contribution in [-0.4, -0.2) is 293 Å². The van der Waals surface area contributed by atoms with Gasteiger partial charge in [0, 0.05) is 85.4 Å². The van der Waals surface area contributed by atoms with Gasteiger partial charge in [0.2, 0.25) is 76.8 Å². The molecule has 0 spiro atoms. The van der Waals surface area contributed by atoms with Crippen molar-refractivity contribution in [1.29, 1.82) is 0 Å². The van der Waals surface area contributed by atoms with Crippen molar-refractivity contribution >= 4 is 194 Å². The summed E-state index contributed by atoms with van der Waals surface area (Å²) in [6.07, 6.45) is -11.0. The molecule has 5 aromatic carbocycles. The number of rotatable bonds is 22. The fourth-order valence-corrected chi connectivity index (χ4v) is 23.8. The van der Waals surface area contributed by atoms with E-state index in [0.717, 1.165) is 13.8 Å². The lowest BCUT2D eigenvalue weighted by Crippen LogP contribution is -2.61. The van der Waals surface area contributed by atoms with E-state index < -0.39 is 387 Å². The number of hydrogen-bond donors (Lipinski definition) is 19. The molecule has 2 heterocycles. The molecule has 0 saturated heterocycles. The average molecular weight is 2110 g/mol. The Morgan fingerprint density at radius 2 is 0.825 bits per heavy atom. The van der Waals surface area contributed by atoms with Crippen molar-refractivity contribution in [1.82, 2.24) is 58.5 Å². The summed E-state index contributed by atoms with van der Waals surface area (Å²) >= 11 is 1.94. The van der Waals surface area contributed by atoms with Gasteiger partial charge in [0.05, 0.1) is 81.2 Å². The van der Waals surface area contributed by atoms with Crippen LogP contribution in [0, 0.1) is 23.2 Å². The quantitative estimate of drug-likeness (QED) is 0.0369. The third-order valence-electron chi connectivity index (χ3n) is 22.9. The number of carbonyl (C=O) groups is 20. The molecule has 13 amide bonds. The van der Waals surface area contributed by atoms with Crippen LogP contribution < -0.4 is 75.7 Å².